The summed E-state index contributed by atoms with van der Waals surface area (Å²) in [6, 6.07) is 0. The van der Waals surface area contributed by atoms with Gasteiger partial charge in [0.25, 0.3) is 0 Å². The van der Waals surface area contributed by atoms with Gasteiger partial charge in [0, 0.05) is 6.08 Å². The van der Waals surface area contributed by atoms with E-state index in [4.69, 9.17) is 0 Å². The van der Waals surface area contributed by atoms with Crippen molar-refractivity contribution in [2.45, 2.75) is 12.5 Å². The van der Waals surface area contributed by atoms with Crippen molar-refractivity contribution in [3.63, 3.8) is 0 Å². The number of ether oxygens (including phenoxy) is 1. The Bertz CT molecular complexity index is 160. The quantitative estimate of drug-likeness (QED) is 0.486. The van der Waals surface area contributed by atoms with Crippen molar-refractivity contribution in [2.24, 2.45) is 0 Å². The minimum absolute atomic E-state index is 0.141. The number of cyclic esters (lactones) is 1. The van der Waals surface area contributed by atoms with E-state index in [0.717, 1.165) is 0 Å². The Labute approximate surface area is 52.3 Å². The van der Waals surface area contributed by atoms with E-state index in [0.29, 0.717) is 0 Å². The van der Waals surface area contributed by atoms with Crippen LogP contribution in [0.2, 0.25) is 0 Å². The third kappa shape index (κ3) is 1.38. The van der Waals surface area contributed by atoms with Gasteiger partial charge in [-0.15, -0.1) is 0 Å². The third-order valence-electron chi connectivity index (χ3n) is 0.999. The molecule has 1 rings (SSSR count). The first kappa shape index (κ1) is 6.01. The second-order valence-electron chi connectivity index (χ2n) is 1.68. The molecule has 1 radical (unpaired) electrons. The Morgan fingerprint density at radius 3 is 3.00 bits per heavy atom. The lowest BCUT2D eigenvalue weighted by Crippen LogP contribution is -2.07. The smallest absolute Gasteiger partial charge is 0.331 e. The zero-order chi connectivity index (χ0) is 6.69. The van der Waals surface area contributed by atoms with Crippen LogP contribution in [0.1, 0.15) is 6.42 Å². The predicted molar refractivity (Wildman–Crippen MR) is 29.3 cm³/mol. The summed E-state index contributed by atoms with van der Waals surface area (Å²) < 4.78 is 4.59. The molecular formula is C6H5O3. The maximum absolute atomic E-state index is 10.3. The fourth-order valence-electron chi connectivity index (χ4n) is 0.605. The maximum atomic E-state index is 10.3. The number of carbonyl (C=O) groups is 1. The largest absolute Gasteiger partial charge is 0.454 e. The van der Waals surface area contributed by atoms with Crippen molar-refractivity contribution >= 4 is 12.3 Å². The van der Waals surface area contributed by atoms with E-state index in [2.05, 4.69) is 4.74 Å². The van der Waals surface area contributed by atoms with Gasteiger partial charge in [-0.3, -0.25) is 4.79 Å². The summed E-state index contributed by atoms with van der Waals surface area (Å²) >= 11 is 0. The normalized spacial score (nSPS) is 24.0. The molecule has 0 saturated heterocycles. The topological polar surface area (TPSA) is 43.4 Å². The molecule has 3 heteroatoms. The van der Waals surface area contributed by atoms with Gasteiger partial charge in [-0.05, 0) is 6.08 Å². The molecule has 1 heterocycles. The zero-order valence-corrected chi connectivity index (χ0v) is 4.66. The molecule has 0 aromatic carbocycles. The third-order valence-corrected chi connectivity index (χ3v) is 0.999. The average molecular weight is 125 g/mol. The molecule has 1 aliphatic heterocycles. The molecule has 0 bridgehead atoms. The predicted octanol–water partition coefficient (Wildman–Crippen LogP) is -0.0322. The fraction of sp³-hybridized carbons (Fsp3) is 0.333. The first-order valence-corrected chi connectivity index (χ1v) is 2.57. The van der Waals surface area contributed by atoms with Gasteiger partial charge in [0.15, 0.2) is 0 Å². The number of hydrogen-bond acceptors (Lipinski definition) is 3. The Kier molecular flexibility index (Phi) is 1.63. The van der Waals surface area contributed by atoms with E-state index >= 15 is 0 Å². The van der Waals surface area contributed by atoms with Crippen molar-refractivity contribution in [1.82, 2.24) is 0 Å². The van der Waals surface area contributed by atoms with Crippen LogP contribution in [0.5, 0.6) is 0 Å². The van der Waals surface area contributed by atoms with Crippen LogP contribution in [0.15, 0.2) is 12.2 Å². The first-order chi connectivity index (χ1) is 4.33. The van der Waals surface area contributed by atoms with E-state index in [1.54, 1.807) is 12.4 Å². The van der Waals surface area contributed by atoms with Crippen molar-refractivity contribution in [1.29, 1.82) is 0 Å². The lowest BCUT2D eigenvalue weighted by Gasteiger charge is -2.00. The molecule has 0 spiro atoms. The van der Waals surface area contributed by atoms with Gasteiger partial charge >= 0.3 is 5.97 Å². The number of esters is 1. The minimum Gasteiger partial charge on any atom is -0.454 e. The zero-order valence-electron chi connectivity index (χ0n) is 4.66. The molecule has 47 valence electrons. The summed E-state index contributed by atoms with van der Waals surface area (Å²) in [5.41, 5.74) is 0. The molecule has 0 aliphatic carbocycles. The first-order valence-electron chi connectivity index (χ1n) is 2.57. The Morgan fingerprint density at radius 1 is 1.78 bits per heavy atom. The molecule has 1 atom stereocenters. The maximum Gasteiger partial charge on any atom is 0.331 e. The van der Waals surface area contributed by atoms with Gasteiger partial charge in [0.1, 0.15) is 6.10 Å². The minimum atomic E-state index is -0.379. The standard InChI is InChI=1S/C6H5O3/c7-4-3-5-1-2-6(8)9-5/h1-2,5H,3H2. The van der Waals surface area contributed by atoms with Crippen LogP contribution in [-0.4, -0.2) is 18.4 Å². The number of carbonyl (C=O) groups excluding carboxylic acids is 2. The highest BCUT2D eigenvalue weighted by molar-refractivity contribution is 5.84. The van der Waals surface area contributed by atoms with Crippen molar-refractivity contribution in [2.75, 3.05) is 0 Å². The molecular weight excluding hydrogens is 120 g/mol. The van der Waals surface area contributed by atoms with Gasteiger partial charge in [-0.2, -0.15) is 0 Å². The van der Waals surface area contributed by atoms with E-state index in [1.807, 2.05) is 0 Å². The molecule has 0 fully saturated rings. The van der Waals surface area contributed by atoms with Gasteiger partial charge in [-0.1, -0.05) is 0 Å². The van der Waals surface area contributed by atoms with Crippen LogP contribution < -0.4 is 0 Å². The summed E-state index contributed by atoms with van der Waals surface area (Å²) in [4.78, 5) is 20.0. The Hall–Kier alpha value is -1.12. The van der Waals surface area contributed by atoms with Crippen molar-refractivity contribution < 1.29 is 14.3 Å². The summed E-state index contributed by atoms with van der Waals surface area (Å²) in [5, 5.41) is 0. The van der Waals surface area contributed by atoms with Gasteiger partial charge in [0.2, 0.25) is 6.29 Å². The summed E-state index contributed by atoms with van der Waals surface area (Å²) in [7, 11) is 0. The Morgan fingerprint density at radius 2 is 2.56 bits per heavy atom. The van der Waals surface area contributed by atoms with E-state index in [1.165, 1.54) is 6.08 Å². The fourth-order valence-corrected chi connectivity index (χ4v) is 0.605. The molecule has 0 N–H and O–H groups in total. The molecule has 0 saturated carbocycles. The lowest BCUT2D eigenvalue weighted by atomic mass is 10.3. The molecule has 3 nitrogen and oxygen atoms in total. The SMILES string of the molecule is O=[C]CC1C=CC(=O)O1. The second-order valence-corrected chi connectivity index (χ2v) is 1.68. The lowest BCUT2D eigenvalue weighted by molar-refractivity contribution is -0.138. The van der Waals surface area contributed by atoms with Crippen LogP contribution in [0.4, 0.5) is 0 Å². The van der Waals surface area contributed by atoms with Gasteiger partial charge in [-0.25, -0.2) is 4.79 Å². The summed E-state index contributed by atoms with van der Waals surface area (Å²) in [6.07, 6.45) is 4.28. The van der Waals surface area contributed by atoms with Crippen LogP contribution >= 0.6 is 0 Å². The van der Waals surface area contributed by atoms with Crippen LogP contribution in [0.25, 0.3) is 0 Å². The molecule has 1 unspecified atom stereocenters. The summed E-state index contributed by atoms with van der Waals surface area (Å²) in [5.74, 6) is -0.379. The van der Waals surface area contributed by atoms with Crippen molar-refractivity contribution in [3.05, 3.63) is 12.2 Å². The highest BCUT2D eigenvalue weighted by Crippen LogP contribution is 2.06. The average Bonchev–Trinajstić information content (AvgIpc) is 2.17. The van der Waals surface area contributed by atoms with Gasteiger partial charge < -0.3 is 4.74 Å². The van der Waals surface area contributed by atoms with Crippen LogP contribution in [0.3, 0.4) is 0 Å². The van der Waals surface area contributed by atoms with Crippen molar-refractivity contribution in [3.8, 4) is 0 Å². The molecule has 0 aromatic heterocycles. The highest BCUT2D eigenvalue weighted by atomic mass is 16.5. The van der Waals surface area contributed by atoms with E-state index < -0.39 is 0 Å². The van der Waals surface area contributed by atoms with Crippen LogP contribution in [0, 0.1) is 0 Å². The van der Waals surface area contributed by atoms with Gasteiger partial charge in [0.05, 0.1) is 6.42 Å². The van der Waals surface area contributed by atoms with E-state index in [-0.39, 0.29) is 18.5 Å². The number of hydrogen-bond donors (Lipinski definition) is 0. The molecule has 0 amide bonds. The van der Waals surface area contributed by atoms with E-state index in [9.17, 15) is 9.59 Å². The molecule has 9 heavy (non-hydrogen) atoms. The van der Waals surface area contributed by atoms with Crippen LogP contribution in [-0.2, 0) is 14.3 Å². The monoisotopic (exact) mass is 125 g/mol. The molecule has 1 aliphatic rings. The summed E-state index contributed by atoms with van der Waals surface area (Å²) in [6.45, 7) is 0. The molecule has 0 aromatic rings. The second kappa shape index (κ2) is 2.44. The Balaban J connectivity index is 2.40. The number of rotatable bonds is 2. The highest BCUT2D eigenvalue weighted by Gasteiger charge is 2.15.